The summed E-state index contributed by atoms with van der Waals surface area (Å²) in [5, 5.41) is 12.0. The van der Waals surface area contributed by atoms with Crippen LogP contribution < -0.4 is 0 Å². The van der Waals surface area contributed by atoms with Crippen molar-refractivity contribution in [3.8, 4) is 0 Å². The van der Waals surface area contributed by atoms with Gasteiger partial charge in [0.05, 0.1) is 10.6 Å². The number of hydrogen-bond acceptors (Lipinski definition) is 5. The Morgan fingerprint density at radius 2 is 2.00 bits per heavy atom. The van der Waals surface area contributed by atoms with Crippen LogP contribution in [0.3, 0.4) is 0 Å². The number of carbonyl (C=O) groups is 1. The van der Waals surface area contributed by atoms with E-state index < -0.39 is 11.0 Å². The molecule has 0 saturated heterocycles. The zero-order valence-corrected chi connectivity index (χ0v) is 15.1. The molecule has 0 radical (unpaired) electrons. The largest absolute Gasteiger partial charge is 0.443 e. The van der Waals surface area contributed by atoms with Crippen molar-refractivity contribution < 1.29 is 19.3 Å². The number of nitrogens with zero attached hydrogens (tertiary/aromatic N) is 2. The zero-order valence-electron chi connectivity index (χ0n) is 12.9. The maximum atomic E-state index is 12.4. The van der Waals surface area contributed by atoms with Gasteiger partial charge in [-0.25, -0.2) is 4.79 Å². The molecule has 1 aliphatic rings. The monoisotopic (exact) mass is 452 g/mol. The number of rotatable bonds is 4. The van der Waals surface area contributed by atoms with E-state index in [-0.39, 0.29) is 18.9 Å². The maximum absolute atomic E-state index is 12.4. The van der Waals surface area contributed by atoms with Crippen LogP contribution in [0.4, 0.5) is 10.5 Å². The summed E-state index contributed by atoms with van der Waals surface area (Å²) in [7, 11) is 0. The minimum atomic E-state index is -0.669. The molecule has 25 heavy (non-hydrogen) atoms. The summed E-state index contributed by atoms with van der Waals surface area (Å²) < 4.78 is 6.04. The van der Waals surface area contributed by atoms with E-state index >= 15 is 0 Å². The Kier molecular flexibility index (Phi) is 5.29. The van der Waals surface area contributed by atoms with Crippen molar-refractivity contribution in [1.82, 2.24) is 5.06 Å². The first-order valence-electron chi connectivity index (χ1n) is 7.33. The molecule has 0 spiro atoms. The predicted molar refractivity (Wildman–Crippen MR) is 98.5 cm³/mol. The molecule has 8 heteroatoms. The van der Waals surface area contributed by atoms with Crippen molar-refractivity contribution in [1.29, 1.82) is 0 Å². The second-order valence-electron chi connectivity index (χ2n) is 5.17. The van der Waals surface area contributed by atoms with Crippen LogP contribution in [0.15, 0.2) is 58.2 Å². The lowest BCUT2D eigenvalue weighted by Crippen LogP contribution is -2.27. The number of nitro groups is 1. The van der Waals surface area contributed by atoms with Crippen LogP contribution in [0.2, 0.25) is 0 Å². The quantitative estimate of drug-likeness (QED) is 0.393. The van der Waals surface area contributed by atoms with Gasteiger partial charge in [0.25, 0.3) is 5.69 Å². The summed E-state index contributed by atoms with van der Waals surface area (Å²) in [6, 6.07) is 15.3. The van der Waals surface area contributed by atoms with Gasteiger partial charge in [-0.15, -0.1) is 0 Å². The number of nitro benzene ring substituents is 1. The number of halogens is 1. The van der Waals surface area contributed by atoms with Crippen molar-refractivity contribution in [2.24, 2.45) is 0 Å². The van der Waals surface area contributed by atoms with Gasteiger partial charge in [-0.3, -0.25) is 15.0 Å². The van der Waals surface area contributed by atoms with Crippen molar-refractivity contribution in [3.63, 3.8) is 0 Å². The standard InChI is InChI=1S/C17H13IN2O5/c18-15-11-25-19(17(21)24-10-12-5-2-1-3-6-12)16(15)13-7-4-8-14(9-13)20(22)23/h1-9H,10-11H2. The highest BCUT2D eigenvalue weighted by atomic mass is 127. The Balaban J connectivity index is 1.78. The van der Waals surface area contributed by atoms with E-state index in [1.807, 2.05) is 30.3 Å². The molecule has 0 bridgehead atoms. The number of amides is 1. The van der Waals surface area contributed by atoms with Crippen molar-refractivity contribution in [2.75, 3.05) is 6.61 Å². The first kappa shape index (κ1) is 17.4. The third kappa shape index (κ3) is 3.97. The minimum Gasteiger partial charge on any atom is -0.443 e. The van der Waals surface area contributed by atoms with Crippen LogP contribution in [-0.4, -0.2) is 22.7 Å². The molecule has 7 nitrogen and oxygen atoms in total. The molecule has 3 rings (SSSR count). The van der Waals surface area contributed by atoms with E-state index in [0.29, 0.717) is 11.3 Å². The van der Waals surface area contributed by atoms with Gasteiger partial charge in [-0.2, -0.15) is 5.06 Å². The number of ether oxygens (including phenoxy) is 1. The molecule has 0 unspecified atom stereocenters. The van der Waals surface area contributed by atoms with Gasteiger partial charge in [0.2, 0.25) is 0 Å². The van der Waals surface area contributed by atoms with Crippen molar-refractivity contribution in [2.45, 2.75) is 6.61 Å². The number of benzene rings is 2. The number of hydrogen-bond donors (Lipinski definition) is 0. The van der Waals surface area contributed by atoms with Gasteiger partial charge in [-0.1, -0.05) is 42.5 Å². The molecule has 0 N–H and O–H groups in total. The molecule has 2 aromatic rings. The first-order valence-corrected chi connectivity index (χ1v) is 8.41. The van der Waals surface area contributed by atoms with Crippen molar-refractivity contribution in [3.05, 3.63) is 79.4 Å². The fourth-order valence-corrected chi connectivity index (χ4v) is 3.00. The van der Waals surface area contributed by atoms with E-state index in [1.165, 1.54) is 12.1 Å². The van der Waals surface area contributed by atoms with Crippen LogP contribution in [-0.2, 0) is 16.2 Å². The Labute approximate surface area is 157 Å². The third-order valence-electron chi connectivity index (χ3n) is 3.48. The summed E-state index contributed by atoms with van der Waals surface area (Å²) in [5.41, 5.74) is 1.78. The molecular weight excluding hydrogens is 439 g/mol. The van der Waals surface area contributed by atoms with Crippen LogP contribution >= 0.6 is 22.6 Å². The summed E-state index contributed by atoms with van der Waals surface area (Å²) >= 11 is 2.05. The van der Waals surface area contributed by atoms with E-state index in [4.69, 9.17) is 9.57 Å². The van der Waals surface area contributed by atoms with Crippen LogP contribution in [0.1, 0.15) is 11.1 Å². The van der Waals surface area contributed by atoms with Crippen LogP contribution in [0.5, 0.6) is 0 Å². The predicted octanol–water partition coefficient (Wildman–Crippen LogP) is 4.28. The Bertz CT molecular complexity index is 838. The molecular formula is C17H13IN2O5. The summed E-state index contributed by atoms with van der Waals surface area (Å²) in [4.78, 5) is 28.3. The molecule has 128 valence electrons. The smallest absolute Gasteiger partial charge is 0.439 e. The lowest BCUT2D eigenvalue weighted by molar-refractivity contribution is -0.384. The topological polar surface area (TPSA) is 81.9 Å². The Morgan fingerprint density at radius 3 is 2.72 bits per heavy atom. The van der Waals surface area contributed by atoms with Gasteiger partial charge < -0.3 is 4.74 Å². The summed E-state index contributed by atoms with van der Waals surface area (Å²) in [6.07, 6.45) is -0.669. The number of hydroxylamine groups is 2. The summed E-state index contributed by atoms with van der Waals surface area (Å²) in [5.74, 6) is 0. The first-order chi connectivity index (χ1) is 12.1. The molecule has 0 atom stereocenters. The second kappa shape index (κ2) is 7.62. The molecule has 0 aromatic heterocycles. The fourth-order valence-electron chi connectivity index (χ4n) is 2.33. The Morgan fingerprint density at radius 1 is 1.24 bits per heavy atom. The zero-order chi connectivity index (χ0) is 17.8. The molecule has 2 aromatic carbocycles. The highest BCUT2D eigenvalue weighted by Crippen LogP contribution is 2.35. The number of carbonyl (C=O) groups excluding carboxylic acids is 1. The molecule has 0 aliphatic carbocycles. The normalized spacial score (nSPS) is 13.9. The lowest BCUT2D eigenvalue weighted by Gasteiger charge is -2.18. The van der Waals surface area contributed by atoms with Crippen LogP contribution in [0.25, 0.3) is 5.70 Å². The highest BCUT2D eigenvalue weighted by molar-refractivity contribution is 14.1. The molecule has 1 aliphatic heterocycles. The van der Waals surface area contributed by atoms with Gasteiger partial charge in [0, 0.05) is 21.3 Å². The van der Waals surface area contributed by atoms with E-state index in [1.54, 1.807) is 12.1 Å². The van der Waals surface area contributed by atoms with Crippen molar-refractivity contribution >= 4 is 40.1 Å². The van der Waals surface area contributed by atoms with Gasteiger partial charge in [-0.05, 0) is 28.2 Å². The molecule has 1 amide bonds. The van der Waals surface area contributed by atoms with Gasteiger partial charge >= 0.3 is 6.09 Å². The Hall–Kier alpha value is -2.46. The number of non-ortho nitro benzene ring substituents is 1. The van der Waals surface area contributed by atoms with E-state index in [9.17, 15) is 14.9 Å². The molecule has 0 fully saturated rings. The highest BCUT2D eigenvalue weighted by Gasteiger charge is 2.31. The third-order valence-corrected chi connectivity index (χ3v) is 4.30. The lowest BCUT2D eigenvalue weighted by atomic mass is 10.1. The van der Waals surface area contributed by atoms with Crippen LogP contribution in [0, 0.1) is 10.1 Å². The van der Waals surface area contributed by atoms with E-state index in [2.05, 4.69) is 22.6 Å². The molecule has 1 heterocycles. The van der Waals surface area contributed by atoms with Gasteiger partial charge in [0.15, 0.2) is 0 Å². The minimum absolute atomic E-state index is 0.0568. The summed E-state index contributed by atoms with van der Waals surface area (Å²) in [6.45, 7) is 0.317. The average Bonchev–Trinajstić information content (AvgIpc) is 3.02. The second-order valence-corrected chi connectivity index (χ2v) is 6.47. The average molecular weight is 452 g/mol. The SMILES string of the molecule is O=C(OCc1ccccc1)N1OCC(I)=C1c1cccc([N+](=O)[O-])c1. The van der Waals surface area contributed by atoms with Gasteiger partial charge in [0.1, 0.15) is 13.2 Å². The fraction of sp³-hybridized carbons (Fsp3) is 0.118. The molecule has 0 saturated carbocycles. The van der Waals surface area contributed by atoms with E-state index in [0.717, 1.165) is 14.2 Å². The maximum Gasteiger partial charge on any atom is 0.439 e.